The van der Waals surface area contributed by atoms with Crippen LogP contribution in [0.2, 0.25) is 0 Å². The molecule has 0 amide bonds. The number of rotatable bonds is 4. The van der Waals surface area contributed by atoms with E-state index in [2.05, 4.69) is 24.4 Å². The maximum atomic E-state index is 11.8. The minimum Gasteiger partial charge on any atom is -0.339 e. The van der Waals surface area contributed by atoms with E-state index < -0.39 is 9.84 Å². The molecule has 1 N–H and O–H groups in total. The third-order valence-electron chi connectivity index (χ3n) is 4.65. The summed E-state index contributed by atoms with van der Waals surface area (Å²) in [4.78, 5) is 5.10. The third kappa shape index (κ3) is 3.51. The van der Waals surface area contributed by atoms with Crippen LogP contribution in [0.1, 0.15) is 11.1 Å². The predicted molar refractivity (Wildman–Crippen MR) is 113 cm³/mol. The summed E-state index contributed by atoms with van der Waals surface area (Å²) in [7, 11) is -3.24. The smallest absolute Gasteiger partial charge is 0.175 e. The number of pyridine rings is 1. The van der Waals surface area contributed by atoms with Gasteiger partial charge in [-0.2, -0.15) is 0 Å². The Kier molecular flexibility index (Phi) is 4.43. The molecule has 0 bridgehead atoms. The van der Waals surface area contributed by atoms with Crippen molar-refractivity contribution >= 4 is 27.0 Å². The molecule has 0 saturated carbocycles. The molecule has 0 aliphatic heterocycles. The van der Waals surface area contributed by atoms with E-state index in [9.17, 15) is 8.42 Å². The summed E-state index contributed by atoms with van der Waals surface area (Å²) < 4.78 is 25.5. The summed E-state index contributed by atoms with van der Waals surface area (Å²) in [5, 5.41) is 3.47. The van der Waals surface area contributed by atoms with Gasteiger partial charge in [-0.05, 0) is 55.8 Å². The summed E-state index contributed by atoms with van der Waals surface area (Å²) in [6.45, 7) is 4.08. The van der Waals surface area contributed by atoms with Crippen LogP contribution < -0.4 is 5.32 Å². The number of nitrogens with one attached hydrogen (secondary N) is 1. The molecule has 5 nitrogen and oxygen atoms in total. The summed E-state index contributed by atoms with van der Waals surface area (Å²) >= 11 is 0. The van der Waals surface area contributed by atoms with Crippen molar-refractivity contribution in [2.45, 2.75) is 18.7 Å². The highest BCUT2D eigenvalue weighted by atomic mass is 32.2. The van der Waals surface area contributed by atoms with Crippen molar-refractivity contribution in [1.29, 1.82) is 0 Å². The van der Waals surface area contributed by atoms with Crippen molar-refractivity contribution in [3.8, 4) is 11.3 Å². The molecule has 28 heavy (non-hydrogen) atoms. The highest BCUT2D eigenvalue weighted by Crippen LogP contribution is 2.32. The van der Waals surface area contributed by atoms with E-state index in [-0.39, 0.29) is 0 Å². The number of fused-ring (bicyclic) bond motifs is 1. The highest BCUT2D eigenvalue weighted by molar-refractivity contribution is 7.90. The van der Waals surface area contributed by atoms with E-state index in [4.69, 9.17) is 4.98 Å². The van der Waals surface area contributed by atoms with E-state index in [1.807, 2.05) is 41.8 Å². The zero-order valence-corrected chi connectivity index (χ0v) is 16.8. The molecule has 0 saturated heterocycles. The lowest BCUT2D eigenvalue weighted by atomic mass is 10.1. The summed E-state index contributed by atoms with van der Waals surface area (Å²) in [6.07, 6.45) is 3.20. The molecule has 0 spiro atoms. The zero-order chi connectivity index (χ0) is 19.9. The second-order valence-corrected chi connectivity index (χ2v) is 9.04. The van der Waals surface area contributed by atoms with Crippen LogP contribution in [0, 0.1) is 13.8 Å². The van der Waals surface area contributed by atoms with E-state index in [0.717, 1.165) is 34.0 Å². The van der Waals surface area contributed by atoms with Crippen LogP contribution in [0.4, 0.5) is 11.5 Å². The standard InChI is InChI=1S/C22H21N3O2S/c1-15-4-8-18(9-5-15)23-22-21(24-20-14-16(2)12-13-25(20)22)17-6-10-19(11-7-17)28(3,26)27/h4-14,23H,1-3H3. The SMILES string of the molecule is Cc1ccc(Nc2c(-c3ccc(S(C)(=O)=O)cc3)nc3cc(C)ccn23)cc1. The minimum atomic E-state index is -3.24. The van der Waals surface area contributed by atoms with Crippen LogP contribution in [0.15, 0.2) is 71.8 Å². The van der Waals surface area contributed by atoms with Gasteiger partial charge in [0.1, 0.15) is 17.2 Å². The van der Waals surface area contributed by atoms with Gasteiger partial charge >= 0.3 is 0 Å². The van der Waals surface area contributed by atoms with Gasteiger partial charge in [-0.3, -0.25) is 4.40 Å². The average Bonchev–Trinajstić information content (AvgIpc) is 3.00. The lowest BCUT2D eigenvalue weighted by Crippen LogP contribution is -1.98. The topological polar surface area (TPSA) is 63.5 Å². The normalized spacial score (nSPS) is 11.7. The molecule has 2 aromatic heterocycles. The lowest BCUT2D eigenvalue weighted by molar-refractivity contribution is 0.602. The van der Waals surface area contributed by atoms with Crippen LogP contribution in [0.25, 0.3) is 16.9 Å². The first-order chi connectivity index (χ1) is 13.3. The first-order valence-electron chi connectivity index (χ1n) is 8.94. The van der Waals surface area contributed by atoms with Crippen LogP contribution in [-0.2, 0) is 9.84 Å². The molecule has 2 aromatic carbocycles. The fraction of sp³-hybridized carbons (Fsp3) is 0.136. The van der Waals surface area contributed by atoms with E-state index in [1.165, 1.54) is 11.8 Å². The van der Waals surface area contributed by atoms with Crippen LogP contribution in [0.5, 0.6) is 0 Å². The quantitative estimate of drug-likeness (QED) is 0.544. The number of nitrogens with zero attached hydrogens (tertiary/aromatic N) is 2. The van der Waals surface area contributed by atoms with E-state index in [1.54, 1.807) is 24.3 Å². The van der Waals surface area contributed by atoms with Crippen molar-refractivity contribution < 1.29 is 8.42 Å². The summed E-state index contributed by atoms with van der Waals surface area (Å²) in [6, 6.07) is 19.0. The average molecular weight is 391 g/mol. The molecule has 0 aliphatic carbocycles. The summed E-state index contributed by atoms with van der Waals surface area (Å²) in [5.41, 5.74) is 5.72. The number of hydrogen-bond donors (Lipinski definition) is 1. The Hall–Kier alpha value is -3.12. The molecular formula is C22H21N3O2S. The fourth-order valence-electron chi connectivity index (χ4n) is 3.10. The molecule has 4 aromatic rings. The molecule has 0 unspecified atom stereocenters. The third-order valence-corrected chi connectivity index (χ3v) is 5.78. The zero-order valence-electron chi connectivity index (χ0n) is 16.0. The van der Waals surface area contributed by atoms with Crippen LogP contribution >= 0.6 is 0 Å². The Balaban J connectivity index is 1.86. The lowest BCUT2D eigenvalue weighted by Gasteiger charge is -2.10. The van der Waals surface area contributed by atoms with E-state index >= 15 is 0 Å². The molecule has 6 heteroatoms. The second kappa shape index (κ2) is 6.80. The maximum Gasteiger partial charge on any atom is 0.175 e. The van der Waals surface area contributed by atoms with Crippen molar-refractivity contribution in [3.05, 3.63) is 78.0 Å². The number of imidazole rings is 1. The van der Waals surface area contributed by atoms with Gasteiger partial charge in [-0.25, -0.2) is 13.4 Å². The van der Waals surface area contributed by atoms with Crippen molar-refractivity contribution in [3.63, 3.8) is 0 Å². The molecule has 0 atom stereocenters. The van der Waals surface area contributed by atoms with Gasteiger partial charge < -0.3 is 5.32 Å². The molecule has 0 radical (unpaired) electrons. The molecule has 0 aliphatic rings. The number of aryl methyl sites for hydroxylation is 2. The van der Waals surface area contributed by atoms with Crippen LogP contribution in [0.3, 0.4) is 0 Å². The summed E-state index contributed by atoms with van der Waals surface area (Å²) in [5.74, 6) is 0.839. The first kappa shape index (κ1) is 18.3. The number of aromatic nitrogens is 2. The van der Waals surface area contributed by atoms with E-state index in [0.29, 0.717) is 4.90 Å². The molecule has 142 valence electrons. The number of anilines is 2. The second-order valence-electron chi connectivity index (χ2n) is 7.03. The molecular weight excluding hydrogens is 370 g/mol. The van der Waals surface area contributed by atoms with Gasteiger partial charge in [0.25, 0.3) is 0 Å². The van der Waals surface area contributed by atoms with Crippen molar-refractivity contribution in [2.24, 2.45) is 0 Å². The largest absolute Gasteiger partial charge is 0.339 e. The fourth-order valence-corrected chi connectivity index (χ4v) is 3.73. The van der Waals surface area contributed by atoms with Gasteiger partial charge in [0.15, 0.2) is 9.84 Å². The Bertz CT molecular complexity index is 1260. The number of benzene rings is 2. The highest BCUT2D eigenvalue weighted by Gasteiger charge is 2.16. The first-order valence-corrected chi connectivity index (χ1v) is 10.8. The van der Waals surface area contributed by atoms with Crippen molar-refractivity contribution in [2.75, 3.05) is 11.6 Å². The number of sulfone groups is 1. The Labute approximate surface area is 164 Å². The van der Waals surface area contributed by atoms with Gasteiger partial charge in [-0.15, -0.1) is 0 Å². The van der Waals surface area contributed by atoms with Gasteiger partial charge in [0.2, 0.25) is 0 Å². The Morgan fingerprint density at radius 2 is 1.57 bits per heavy atom. The molecule has 2 heterocycles. The van der Waals surface area contributed by atoms with Crippen molar-refractivity contribution in [1.82, 2.24) is 9.38 Å². The predicted octanol–water partition coefficient (Wildman–Crippen LogP) is 4.77. The maximum absolute atomic E-state index is 11.8. The monoisotopic (exact) mass is 391 g/mol. The van der Waals surface area contributed by atoms with Crippen LogP contribution in [-0.4, -0.2) is 24.1 Å². The Morgan fingerprint density at radius 1 is 0.893 bits per heavy atom. The Morgan fingerprint density at radius 3 is 2.21 bits per heavy atom. The van der Waals surface area contributed by atoms with Gasteiger partial charge in [0, 0.05) is 23.7 Å². The number of hydrogen-bond acceptors (Lipinski definition) is 4. The molecule has 4 rings (SSSR count). The van der Waals surface area contributed by atoms with Gasteiger partial charge in [0.05, 0.1) is 4.90 Å². The van der Waals surface area contributed by atoms with Gasteiger partial charge in [-0.1, -0.05) is 29.8 Å². The molecule has 0 fully saturated rings. The minimum absolute atomic E-state index is 0.295.